The summed E-state index contributed by atoms with van der Waals surface area (Å²) in [4.78, 5) is 0. The lowest BCUT2D eigenvalue weighted by molar-refractivity contribution is 0.0521. The van der Waals surface area contributed by atoms with Gasteiger partial charge in [0.2, 0.25) is 0 Å². The van der Waals surface area contributed by atoms with Crippen LogP contribution in [0, 0.1) is 5.92 Å². The molecule has 1 aromatic heterocycles. The molecule has 1 aliphatic heterocycles. The fourth-order valence-corrected chi connectivity index (χ4v) is 3.07. The lowest BCUT2D eigenvalue weighted by Crippen LogP contribution is -2.38. The summed E-state index contributed by atoms with van der Waals surface area (Å²) in [6.45, 7) is 2.95. The number of ether oxygens (including phenoxy) is 2. The monoisotopic (exact) mass is 332 g/mol. The highest BCUT2D eigenvalue weighted by Crippen LogP contribution is 2.33. The van der Waals surface area contributed by atoms with Crippen molar-refractivity contribution in [3.8, 4) is 0 Å². The van der Waals surface area contributed by atoms with Crippen LogP contribution in [-0.4, -0.2) is 36.7 Å². The number of hydrogen-bond acceptors (Lipinski definition) is 5. The van der Waals surface area contributed by atoms with Crippen LogP contribution < -0.4 is 11.3 Å². The van der Waals surface area contributed by atoms with Crippen LogP contribution in [0.4, 0.5) is 0 Å². The summed E-state index contributed by atoms with van der Waals surface area (Å²) in [6, 6.07) is 0.0811. The number of hydrogen-bond donors (Lipinski definition) is 2. The van der Waals surface area contributed by atoms with Gasteiger partial charge in [-0.15, -0.1) is 0 Å². The third-order valence-corrected chi connectivity index (χ3v) is 4.16. The van der Waals surface area contributed by atoms with Crippen molar-refractivity contribution >= 4 is 15.9 Å². The molecule has 1 saturated heterocycles. The predicted octanol–water partition coefficient (Wildman–Crippen LogP) is 1.22. The van der Waals surface area contributed by atoms with E-state index in [9.17, 15) is 0 Å². The van der Waals surface area contributed by atoms with Gasteiger partial charge in [-0.3, -0.25) is 16.0 Å². The summed E-state index contributed by atoms with van der Waals surface area (Å²) in [6.07, 6.45) is 3.84. The number of nitrogens with two attached hydrogens (primary N) is 1. The number of hydrazine groups is 1. The van der Waals surface area contributed by atoms with Crippen LogP contribution in [0.1, 0.15) is 24.6 Å². The van der Waals surface area contributed by atoms with Crippen molar-refractivity contribution in [2.45, 2.75) is 25.4 Å². The van der Waals surface area contributed by atoms with Crippen molar-refractivity contribution in [1.29, 1.82) is 0 Å². The van der Waals surface area contributed by atoms with Crippen LogP contribution in [0.3, 0.4) is 0 Å². The van der Waals surface area contributed by atoms with Gasteiger partial charge in [-0.1, -0.05) is 0 Å². The number of nitrogens with one attached hydrogen (secondary N) is 1. The summed E-state index contributed by atoms with van der Waals surface area (Å²) >= 11 is 3.57. The minimum absolute atomic E-state index is 0.0811. The Kier molecular flexibility index (Phi) is 5.77. The standard InChI is InChI=1S/C12H21BrN4O2/c1-18-7-4-17-12(10(13)8-15-17)11(16-14)9-2-5-19-6-3-9/h8-9,11,16H,2-7,14H2,1H3. The Morgan fingerprint density at radius 3 is 3.00 bits per heavy atom. The van der Waals surface area contributed by atoms with Crippen molar-refractivity contribution < 1.29 is 9.47 Å². The van der Waals surface area contributed by atoms with E-state index in [2.05, 4.69) is 26.5 Å². The van der Waals surface area contributed by atoms with Crippen molar-refractivity contribution in [1.82, 2.24) is 15.2 Å². The molecule has 0 bridgehead atoms. The van der Waals surface area contributed by atoms with E-state index in [1.165, 1.54) is 0 Å². The van der Waals surface area contributed by atoms with Crippen LogP contribution in [0.15, 0.2) is 10.7 Å². The molecule has 0 aliphatic carbocycles. The first-order valence-corrected chi connectivity index (χ1v) is 7.31. The topological polar surface area (TPSA) is 74.3 Å². The second-order valence-corrected chi connectivity index (χ2v) is 5.54. The second kappa shape index (κ2) is 7.35. The lowest BCUT2D eigenvalue weighted by atomic mass is 9.90. The van der Waals surface area contributed by atoms with Gasteiger partial charge in [0, 0.05) is 20.3 Å². The van der Waals surface area contributed by atoms with Crippen molar-refractivity contribution in [3.63, 3.8) is 0 Å². The first kappa shape index (κ1) is 14.9. The maximum atomic E-state index is 5.78. The molecule has 0 spiro atoms. The fourth-order valence-electron chi connectivity index (χ4n) is 2.52. The maximum absolute atomic E-state index is 5.78. The average molecular weight is 333 g/mol. The smallest absolute Gasteiger partial charge is 0.0713 e. The molecule has 1 fully saturated rings. The molecule has 19 heavy (non-hydrogen) atoms. The quantitative estimate of drug-likeness (QED) is 0.605. The number of rotatable bonds is 6. The normalized spacial score (nSPS) is 18.7. The lowest BCUT2D eigenvalue weighted by Gasteiger charge is -2.30. The Hall–Kier alpha value is -0.470. The first-order valence-electron chi connectivity index (χ1n) is 6.52. The van der Waals surface area contributed by atoms with Crippen molar-refractivity contribution in [3.05, 3.63) is 16.4 Å². The molecule has 0 radical (unpaired) electrons. The Morgan fingerprint density at radius 2 is 2.37 bits per heavy atom. The summed E-state index contributed by atoms with van der Waals surface area (Å²) in [5.41, 5.74) is 4.03. The number of aromatic nitrogens is 2. The van der Waals surface area contributed by atoms with Crippen LogP contribution in [0.5, 0.6) is 0 Å². The maximum Gasteiger partial charge on any atom is 0.0713 e. The highest BCUT2D eigenvalue weighted by atomic mass is 79.9. The van der Waals surface area contributed by atoms with E-state index in [0.717, 1.165) is 42.8 Å². The second-order valence-electron chi connectivity index (χ2n) is 4.69. The largest absolute Gasteiger partial charge is 0.383 e. The van der Waals surface area contributed by atoms with Crippen LogP contribution in [0.2, 0.25) is 0 Å². The molecule has 1 atom stereocenters. The third-order valence-electron chi connectivity index (χ3n) is 3.55. The molecule has 0 amide bonds. The van der Waals surface area contributed by atoms with E-state index in [1.807, 2.05) is 10.9 Å². The Labute approximate surface area is 121 Å². The zero-order chi connectivity index (χ0) is 13.7. The fraction of sp³-hybridized carbons (Fsp3) is 0.750. The molecular formula is C12H21BrN4O2. The minimum Gasteiger partial charge on any atom is -0.383 e. The zero-order valence-corrected chi connectivity index (χ0v) is 12.7. The van der Waals surface area contributed by atoms with E-state index >= 15 is 0 Å². The van der Waals surface area contributed by atoms with Crippen molar-refractivity contribution in [2.75, 3.05) is 26.9 Å². The van der Waals surface area contributed by atoms with Gasteiger partial charge in [0.25, 0.3) is 0 Å². The van der Waals surface area contributed by atoms with Gasteiger partial charge in [-0.2, -0.15) is 5.10 Å². The van der Waals surface area contributed by atoms with E-state index in [-0.39, 0.29) is 6.04 Å². The highest BCUT2D eigenvalue weighted by Gasteiger charge is 2.29. The Balaban J connectivity index is 2.18. The minimum atomic E-state index is 0.0811. The number of halogens is 1. The Morgan fingerprint density at radius 1 is 1.63 bits per heavy atom. The Bertz CT molecular complexity index is 393. The first-order chi connectivity index (χ1) is 9.27. The molecule has 6 nitrogen and oxygen atoms in total. The summed E-state index contributed by atoms with van der Waals surface area (Å²) in [7, 11) is 1.69. The van der Waals surface area contributed by atoms with E-state index in [1.54, 1.807) is 7.11 Å². The number of methoxy groups -OCH3 is 1. The summed E-state index contributed by atoms with van der Waals surface area (Å²) < 4.78 is 13.5. The molecular weight excluding hydrogens is 312 g/mol. The highest BCUT2D eigenvalue weighted by molar-refractivity contribution is 9.10. The molecule has 1 aromatic rings. The van der Waals surface area contributed by atoms with Gasteiger partial charge in [-0.25, -0.2) is 0 Å². The third kappa shape index (κ3) is 3.55. The van der Waals surface area contributed by atoms with Gasteiger partial charge < -0.3 is 9.47 Å². The molecule has 1 unspecified atom stereocenters. The van der Waals surface area contributed by atoms with Gasteiger partial charge in [0.1, 0.15) is 0 Å². The average Bonchev–Trinajstić information content (AvgIpc) is 2.80. The zero-order valence-electron chi connectivity index (χ0n) is 11.1. The summed E-state index contributed by atoms with van der Waals surface area (Å²) in [5, 5.41) is 4.38. The van der Waals surface area contributed by atoms with Gasteiger partial charge in [-0.05, 0) is 34.7 Å². The van der Waals surface area contributed by atoms with Crippen LogP contribution in [-0.2, 0) is 16.0 Å². The molecule has 0 aromatic carbocycles. The van der Waals surface area contributed by atoms with Crippen molar-refractivity contribution in [2.24, 2.45) is 11.8 Å². The molecule has 1 aliphatic rings. The van der Waals surface area contributed by atoms with E-state index in [0.29, 0.717) is 12.5 Å². The number of nitrogens with zero attached hydrogens (tertiary/aromatic N) is 2. The van der Waals surface area contributed by atoms with E-state index < -0.39 is 0 Å². The van der Waals surface area contributed by atoms with Gasteiger partial charge >= 0.3 is 0 Å². The molecule has 108 valence electrons. The molecule has 2 heterocycles. The predicted molar refractivity (Wildman–Crippen MR) is 75.4 cm³/mol. The molecule has 2 rings (SSSR count). The summed E-state index contributed by atoms with van der Waals surface area (Å²) in [5.74, 6) is 6.24. The van der Waals surface area contributed by atoms with E-state index in [4.69, 9.17) is 15.3 Å². The molecule has 0 saturated carbocycles. The van der Waals surface area contributed by atoms with Gasteiger partial charge in [0.05, 0.1) is 35.6 Å². The van der Waals surface area contributed by atoms with Crippen LogP contribution in [0.25, 0.3) is 0 Å². The van der Waals surface area contributed by atoms with Gasteiger partial charge in [0.15, 0.2) is 0 Å². The SMILES string of the molecule is COCCn1ncc(Br)c1C(NN)C1CCOCC1. The molecule has 7 heteroatoms. The molecule has 3 N–H and O–H groups in total. The van der Waals surface area contributed by atoms with Crippen LogP contribution >= 0.6 is 15.9 Å².